The number of aromatic amines is 4. The molecule has 0 radical (unpaired) electrons. The first-order chi connectivity index (χ1) is 61.0. The maximum atomic E-state index is 12.8. The number of amides is 4. The van der Waals surface area contributed by atoms with Crippen molar-refractivity contribution in [1.29, 1.82) is 0 Å². The lowest BCUT2D eigenvalue weighted by molar-refractivity contribution is -0.275. The zero-order valence-corrected chi connectivity index (χ0v) is 68.6. The Morgan fingerprint density at radius 3 is 0.883 bits per heavy atom. The highest BCUT2D eigenvalue weighted by Gasteiger charge is 2.59. The maximum absolute atomic E-state index is 12.8. The molecule has 8 fully saturated rings. The number of carbonyl (C=O) groups is 4. The zero-order chi connectivity index (χ0) is 89.9. The van der Waals surface area contributed by atoms with Crippen LogP contribution in [0.5, 0.6) is 23.0 Å². The number of fused-ring (bicyclic) bond motifs is 4. The van der Waals surface area contributed by atoms with Gasteiger partial charge in [-0.2, -0.15) is 20.4 Å². The number of pyridine rings is 4. The van der Waals surface area contributed by atoms with Crippen molar-refractivity contribution >= 4 is 92.9 Å². The molecule has 0 bridgehead atoms. The molecule has 4 aliphatic carbocycles. The summed E-state index contributed by atoms with van der Waals surface area (Å²) in [5, 5.41) is 38.5. The lowest BCUT2D eigenvalue weighted by Crippen LogP contribution is -2.34. The van der Waals surface area contributed by atoms with Gasteiger partial charge in [-0.15, -0.1) is 43.9 Å². The third-order valence-electron chi connectivity index (χ3n) is 23.6. The number of aromatic nitrogens is 12. The highest BCUT2D eigenvalue weighted by atomic mass is 35.5. The number of piperidine rings is 4. The van der Waals surface area contributed by atoms with Crippen LogP contribution in [0.15, 0.2) is 195 Å². The van der Waals surface area contributed by atoms with E-state index in [4.69, 9.17) is 40.4 Å². The molecule has 4 aliphatic heterocycles. The standard InChI is InChI=1S/C22H20F3N5O2.2C21H19ClF2N6O2.C21H19F3N6O2/c1-12-17-10-30(11-18(12)17)20-16(19-6-7-27-29-19)8-13(9-26-20)21(31)28-14-2-4-15(5-3-14)32-22(23,24)25;22-21(23,24)32-15-3-1-14(2-4-15)28-19(31)12-7-16(17-5-6-27-29-17)18(26-9-12)30-10-13-8-20(13,25)11-30;22-21(23,24)32-13-3-1-12(2-4-13)28-20(31)11-7-14(17-5-6-27-29-17)19(26-8-11)30-9-15-16(10-30)18(15)25;22-21(23,24)32-15-3-1-14(2-4-15)28-19(31)12-7-16(17-5-6-27-29-17)18(26-9-12)30-10-13-8-20(13,25)11-30/h2-9,12,17-18H,10-11H2,1H3,(H,27,29)(H,28,31);1-7,9,13H,8,10-11,25H2,(H,27,29)(H,28,31);1-8,15-16,18H,9-10,25H2,(H,27,29)(H,28,31);1-7,9,13H,8,10-11,25H2,(H,27,29)(H,28,31)/t12?,17-,18+;;15-,16+,18?;. The fourth-order valence-electron chi connectivity index (χ4n) is 16.6. The molecule has 0 spiro atoms. The molecular formula is C85H77Cl2F10N23O8. The minimum absolute atomic E-state index is 0.126. The molecule has 4 amide bonds. The van der Waals surface area contributed by atoms with E-state index in [9.17, 15) is 63.1 Å². The minimum atomic E-state index is -4.78. The largest absolute Gasteiger partial charge is 0.573 e. The van der Waals surface area contributed by atoms with Crippen molar-refractivity contribution < 1.29 is 82.0 Å². The van der Waals surface area contributed by atoms with Crippen molar-refractivity contribution in [3.63, 3.8) is 0 Å². The second-order valence-electron chi connectivity index (χ2n) is 32.3. The second-order valence-corrected chi connectivity index (χ2v) is 33.2. The van der Waals surface area contributed by atoms with E-state index in [-0.39, 0.29) is 40.1 Å². The first kappa shape index (κ1) is 86.5. The van der Waals surface area contributed by atoms with Gasteiger partial charge in [0.15, 0.2) is 0 Å². The van der Waals surface area contributed by atoms with Crippen LogP contribution < -0.4 is 77.0 Å². The van der Waals surface area contributed by atoms with Crippen LogP contribution in [-0.4, -0.2) is 178 Å². The fourth-order valence-corrected chi connectivity index (χ4v) is 16.8. The van der Waals surface area contributed by atoms with Crippen molar-refractivity contribution in [2.45, 2.75) is 60.7 Å². The smallest absolute Gasteiger partial charge is 0.420 e. The van der Waals surface area contributed by atoms with Gasteiger partial charge in [0.25, 0.3) is 23.6 Å². The lowest BCUT2D eigenvalue weighted by atomic mass is 10.1. The number of ether oxygens (including phenoxy) is 4. The average molecular weight is 1810 g/mol. The topological polar surface area (TPSA) is 411 Å². The van der Waals surface area contributed by atoms with Crippen LogP contribution in [0.3, 0.4) is 0 Å². The van der Waals surface area contributed by atoms with Crippen LogP contribution in [0.4, 0.5) is 89.9 Å². The highest BCUT2D eigenvalue weighted by Crippen LogP contribution is 2.54. The van der Waals surface area contributed by atoms with Crippen LogP contribution in [0.1, 0.15) is 61.2 Å². The van der Waals surface area contributed by atoms with Gasteiger partial charge in [0.05, 0.1) is 45.0 Å². The number of H-pyrrole nitrogens is 4. The Kier molecular flexibility index (Phi) is 23.2. The number of rotatable bonds is 22. The molecule has 31 nitrogen and oxygen atoms in total. The number of benzene rings is 4. The highest BCUT2D eigenvalue weighted by molar-refractivity contribution is 6.21. The molecule has 43 heteroatoms. The van der Waals surface area contributed by atoms with Crippen LogP contribution in [0.2, 0.25) is 0 Å². The maximum Gasteiger partial charge on any atom is 0.573 e. The van der Waals surface area contributed by atoms with Crippen LogP contribution in [-0.2, 0) is 0 Å². The van der Waals surface area contributed by atoms with Gasteiger partial charge in [-0.3, -0.25) is 39.6 Å². The zero-order valence-electron chi connectivity index (χ0n) is 67.1. The van der Waals surface area contributed by atoms with E-state index in [0.29, 0.717) is 105 Å². The summed E-state index contributed by atoms with van der Waals surface area (Å²) in [4.78, 5) is 78.1. The number of anilines is 8. The van der Waals surface area contributed by atoms with Gasteiger partial charge >= 0.3 is 23.9 Å². The predicted octanol–water partition coefficient (Wildman–Crippen LogP) is 14.2. The summed E-state index contributed by atoms with van der Waals surface area (Å²) in [5.41, 5.74) is 19.5. The van der Waals surface area contributed by atoms with Gasteiger partial charge in [0, 0.05) is 187 Å². The molecule has 4 saturated carbocycles. The molecule has 14 N–H and O–H groups in total. The summed E-state index contributed by atoms with van der Waals surface area (Å²) in [6, 6.07) is 35.2. The summed E-state index contributed by atoms with van der Waals surface area (Å²) in [6.45, 7) is 8.87. The third kappa shape index (κ3) is 20.2. The Balaban J connectivity index is 0.000000120. The van der Waals surface area contributed by atoms with Gasteiger partial charge in [-0.1, -0.05) is 6.92 Å². The number of nitrogens with zero attached hydrogens (tertiary/aromatic N) is 12. The number of halogens is 12. The number of alkyl halides is 12. The van der Waals surface area contributed by atoms with Crippen molar-refractivity contribution in [3.8, 4) is 68.0 Å². The van der Waals surface area contributed by atoms with Crippen LogP contribution in [0.25, 0.3) is 45.0 Å². The van der Waals surface area contributed by atoms with Crippen molar-refractivity contribution in [2.24, 2.45) is 58.6 Å². The summed E-state index contributed by atoms with van der Waals surface area (Å²) in [7, 11) is 0. The minimum Gasteiger partial charge on any atom is -0.420 e. The molecule has 4 aromatic carbocycles. The van der Waals surface area contributed by atoms with Crippen molar-refractivity contribution in [3.05, 3.63) is 217 Å². The first-order valence-corrected chi connectivity index (χ1v) is 40.7. The normalized spacial score (nSPS) is 21.9. The summed E-state index contributed by atoms with van der Waals surface area (Å²) in [6.07, 6.45) is 5.01. The quantitative estimate of drug-likeness (QED) is 0.0222. The van der Waals surface area contributed by atoms with Crippen LogP contribution in [0, 0.1) is 41.4 Å². The van der Waals surface area contributed by atoms with Gasteiger partial charge in [0.1, 0.15) is 46.3 Å². The number of nitrogens with two attached hydrogens (primary N) is 3. The Hall–Kier alpha value is -13.6. The van der Waals surface area contributed by atoms with Crippen LogP contribution >= 0.6 is 23.2 Å². The average Bonchev–Trinajstić information content (AvgIpc) is 1.51. The SMILES string of the molecule is CC1[C@H]2CN(c3ncc(C(=O)Nc4ccc(OC(F)(F)F)cc4)cc3-c3ccn[nH]3)C[C@@H]12.NC12CC1CN(c1ncc(C(=O)Nc3ccc(OC(F)(F)Cl)cc3)cc1-c1ccn[nH]1)C2.NC12CC1CN(c1ncc(C(=O)Nc3ccc(OC(F)(F)F)cc3)cc1-c1ccn[nH]1)C2.NC1[C@H]2CN(c3ncc(C(=O)Nc4ccc(OC(F)(F)Cl)cc4)cc3-c3ccn[nH]3)C[C@@H]12. The molecule has 128 heavy (non-hydrogen) atoms. The van der Waals surface area contributed by atoms with Gasteiger partial charge in [-0.25, -0.2) is 19.9 Å². The molecule has 8 aromatic heterocycles. The summed E-state index contributed by atoms with van der Waals surface area (Å²) < 4.78 is 141. The van der Waals surface area contributed by atoms with E-state index in [1.54, 1.807) is 55.1 Å². The Labute approximate surface area is 730 Å². The number of hydrogen-bond acceptors (Lipinski definition) is 23. The Bertz CT molecular complexity index is 5640. The van der Waals surface area contributed by atoms with E-state index >= 15 is 0 Å². The van der Waals surface area contributed by atoms with E-state index in [2.05, 4.69) is 127 Å². The van der Waals surface area contributed by atoms with Crippen molar-refractivity contribution in [1.82, 2.24) is 60.7 Å². The molecule has 20 rings (SSSR count). The summed E-state index contributed by atoms with van der Waals surface area (Å²) >= 11 is 9.51. The number of carbonyl (C=O) groups excluding carboxylic acids is 4. The Morgan fingerprint density at radius 2 is 0.648 bits per heavy atom. The predicted molar refractivity (Wildman–Crippen MR) is 451 cm³/mol. The lowest BCUT2D eigenvalue weighted by Gasteiger charge is -2.23. The van der Waals surface area contributed by atoms with E-state index in [0.717, 1.165) is 139 Å². The van der Waals surface area contributed by atoms with Gasteiger partial charge in [-0.05, 0) is 200 Å². The molecule has 10 atom stereocenters. The summed E-state index contributed by atoms with van der Waals surface area (Å²) in [5.74, 6) is 4.40. The number of hydrogen-bond donors (Lipinski definition) is 11. The fraction of sp³-hybridized carbons (Fsp3) is 0.294. The van der Waals surface area contributed by atoms with Gasteiger partial charge in [0.2, 0.25) is 0 Å². The molecule has 8 aliphatic rings. The molecular weight excluding hydrogens is 1730 g/mol. The Morgan fingerprint density at radius 1 is 0.391 bits per heavy atom. The monoisotopic (exact) mass is 1810 g/mol. The molecule has 6 unspecified atom stereocenters. The third-order valence-corrected chi connectivity index (χ3v) is 23.7. The van der Waals surface area contributed by atoms with Crippen molar-refractivity contribution in [2.75, 3.05) is 93.2 Å². The molecule has 4 saturated heterocycles. The van der Waals surface area contributed by atoms with E-state index in [1.165, 1.54) is 97.6 Å². The van der Waals surface area contributed by atoms with E-state index in [1.807, 2.05) is 18.2 Å². The van der Waals surface area contributed by atoms with Gasteiger partial charge < -0.3 is 77.0 Å². The molecule has 12 heterocycles. The first-order valence-electron chi connectivity index (χ1n) is 40.0. The van der Waals surface area contributed by atoms with E-state index < -0.39 is 47.5 Å². The molecule has 12 aromatic rings. The second kappa shape index (κ2) is 34.3. The number of nitrogens with one attached hydrogen (secondary N) is 8. The molecule has 664 valence electrons.